The summed E-state index contributed by atoms with van der Waals surface area (Å²) in [5.74, 6) is 1.29. The lowest BCUT2D eigenvalue weighted by molar-refractivity contribution is -0.137. The predicted molar refractivity (Wildman–Crippen MR) is 169 cm³/mol. The molecule has 10 nitrogen and oxygen atoms in total. The number of aromatic nitrogens is 5. The van der Waals surface area contributed by atoms with E-state index in [-0.39, 0.29) is 17.4 Å². The number of ether oxygens (including phenoxy) is 1. The highest BCUT2D eigenvalue weighted by molar-refractivity contribution is 6.02. The molecule has 0 radical (unpaired) electrons. The molecule has 6 aromatic rings. The van der Waals surface area contributed by atoms with Gasteiger partial charge in [0, 0.05) is 31.4 Å². The van der Waals surface area contributed by atoms with Crippen LogP contribution in [0, 0.1) is 6.92 Å². The van der Waals surface area contributed by atoms with Gasteiger partial charge in [0.2, 0.25) is 0 Å². The molecule has 3 heterocycles. The molecule has 0 atom stereocenters. The maximum atomic E-state index is 13.4. The molecule has 46 heavy (non-hydrogen) atoms. The number of nitrogens with zero attached hydrogens (tertiary/aromatic N) is 6. The van der Waals surface area contributed by atoms with Gasteiger partial charge < -0.3 is 20.3 Å². The van der Waals surface area contributed by atoms with Crippen LogP contribution in [0.2, 0.25) is 0 Å². The van der Waals surface area contributed by atoms with Crippen LogP contribution in [0.5, 0.6) is 11.8 Å². The minimum absolute atomic E-state index is 0.00135. The van der Waals surface area contributed by atoms with E-state index >= 15 is 0 Å². The number of aryl methyl sites for hydroxylation is 1. The Balaban J connectivity index is 1.13. The number of carbonyl (C=O) groups excluding carboxylic acids is 1. The van der Waals surface area contributed by atoms with Crippen LogP contribution in [0.3, 0.4) is 0 Å². The standard InChI is InChI=1S/C33H27F3N8O2/c1-20-4-6-21(7-5-20)26-13-10-23(33(34,35)36)16-28(26)41-31(45)40-24-17-37-32(38-18-24)46-25-11-8-22(9-12-25)27-19-39-44-15-14-29(43(2)3)42-30(27)44/h4-19H,1-3H3,(H2,40,41,45). The third-order valence-corrected chi connectivity index (χ3v) is 7.03. The molecule has 0 bridgehead atoms. The van der Waals surface area contributed by atoms with Gasteiger partial charge in [-0.05, 0) is 48.4 Å². The van der Waals surface area contributed by atoms with Gasteiger partial charge in [0.05, 0.1) is 35.5 Å². The predicted octanol–water partition coefficient (Wildman–Crippen LogP) is 7.68. The van der Waals surface area contributed by atoms with E-state index in [1.165, 1.54) is 18.5 Å². The molecule has 3 aromatic carbocycles. The minimum Gasteiger partial charge on any atom is -0.424 e. The fourth-order valence-electron chi connectivity index (χ4n) is 4.65. The van der Waals surface area contributed by atoms with E-state index in [9.17, 15) is 18.0 Å². The molecule has 2 amide bonds. The van der Waals surface area contributed by atoms with Crippen LogP contribution in [0.1, 0.15) is 11.1 Å². The Morgan fingerprint density at radius 3 is 2.20 bits per heavy atom. The van der Waals surface area contributed by atoms with Crippen molar-refractivity contribution in [1.29, 1.82) is 0 Å². The quantitative estimate of drug-likeness (QED) is 0.188. The summed E-state index contributed by atoms with van der Waals surface area (Å²) in [6.07, 6.45) is 1.68. The third kappa shape index (κ3) is 6.58. The molecule has 0 fully saturated rings. The fraction of sp³-hybridized carbons (Fsp3) is 0.121. The molecule has 13 heteroatoms. The Hall–Kier alpha value is -5.98. The molecule has 232 valence electrons. The molecule has 0 aliphatic heterocycles. The first-order valence-corrected chi connectivity index (χ1v) is 14.0. The maximum absolute atomic E-state index is 13.4. The molecule has 0 saturated carbocycles. The smallest absolute Gasteiger partial charge is 0.416 e. The van der Waals surface area contributed by atoms with Gasteiger partial charge in [0.1, 0.15) is 11.6 Å². The number of rotatable bonds is 7. The van der Waals surface area contributed by atoms with Crippen molar-refractivity contribution in [3.63, 3.8) is 0 Å². The van der Waals surface area contributed by atoms with E-state index in [2.05, 4.69) is 30.7 Å². The van der Waals surface area contributed by atoms with Crippen LogP contribution in [0.15, 0.2) is 97.6 Å². The van der Waals surface area contributed by atoms with E-state index < -0.39 is 17.8 Å². The third-order valence-electron chi connectivity index (χ3n) is 7.03. The average Bonchev–Trinajstić information content (AvgIpc) is 3.46. The number of carbonyl (C=O) groups is 1. The summed E-state index contributed by atoms with van der Waals surface area (Å²) in [5.41, 5.74) is 3.87. The first-order valence-electron chi connectivity index (χ1n) is 14.0. The number of urea groups is 1. The highest BCUT2D eigenvalue weighted by Crippen LogP contribution is 2.36. The summed E-state index contributed by atoms with van der Waals surface area (Å²) < 4.78 is 47.8. The summed E-state index contributed by atoms with van der Waals surface area (Å²) in [6, 6.07) is 18.9. The van der Waals surface area contributed by atoms with Gasteiger partial charge in [-0.3, -0.25) is 0 Å². The van der Waals surface area contributed by atoms with E-state index in [0.29, 0.717) is 16.9 Å². The van der Waals surface area contributed by atoms with Crippen LogP contribution in [0.25, 0.3) is 27.9 Å². The number of hydrogen-bond donors (Lipinski definition) is 2. The Bertz CT molecular complexity index is 2010. The van der Waals surface area contributed by atoms with Gasteiger partial charge in [-0.1, -0.05) is 48.0 Å². The zero-order chi connectivity index (χ0) is 32.4. The van der Waals surface area contributed by atoms with Gasteiger partial charge in [0.15, 0.2) is 5.65 Å². The number of amides is 2. The van der Waals surface area contributed by atoms with Crippen molar-refractivity contribution in [2.45, 2.75) is 13.1 Å². The average molecular weight is 625 g/mol. The summed E-state index contributed by atoms with van der Waals surface area (Å²) in [6.45, 7) is 1.90. The molecule has 0 spiro atoms. The second-order valence-electron chi connectivity index (χ2n) is 10.6. The zero-order valence-electron chi connectivity index (χ0n) is 24.9. The zero-order valence-corrected chi connectivity index (χ0v) is 24.9. The van der Waals surface area contributed by atoms with E-state index in [4.69, 9.17) is 4.74 Å². The normalized spacial score (nSPS) is 11.3. The van der Waals surface area contributed by atoms with Crippen molar-refractivity contribution < 1.29 is 22.7 Å². The summed E-state index contributed by atoms with van der Waals surface area (Å²) >= 11 is 0. The fourth-order valence-corrected chi connectivity index (χ4v) is 4.65. The number of benzene rings is 3. The van der Waals surface area contributed by atoms with Crippen molar-refractivity contribution in [2.24, 2.45) is 0 Å². The molecule has 0 unspecified atom stereocenters. The van der Waals surface area contributed by atoms with Gasteiger partial charge in [-0.15, -0.1) is 0 Å². The number of fused-ring (bicyclic) bond motifs is 1. The van der Waals surface area contributed by atoms with E-state index in [1.807, 2.05) is 62.4 Å². The Kier molecular flexibility index (Phi) is 7.97. The maximum Gasteiger partial charge on any atom is 0.416 e. The molecule has 2 N–H and O–H groups in total. The van der Waals surface area contributed by atoms with Crippen molar-refractivity contribution in [3.05, 3.63) is 109 Å². The number of nitrogens with one attached hydrogen (secondary N) is 2. The van der Waals surface area contributed by atoms with Crippen LogP contribution >= 0.6 is 0 Å². The van der Waals surface area contributed by atoms with Gasteiger partial charge in [0.25, 0.3) is 0 Å². The monoisotopic (exact) mass is 624 g/mol. The van der Waals surface area contributed by atoms with Gasteiger partial charge in [-0.2, -0.15) is 18.3 Å². The van der Waals surface area contributed by atoms with Crippen molar-refractivity contribution in [1.82, 2.24) is 24.6 Å². The van der Waals surface area contributed by atoms with Gasteiger partial charge >= 0.3 is 18.2 Å². The topological polar surface area (TPSA) is 110 Å². The van der Waals surface area contributed by atoms with Crippen LogP contribution in [-0.4, -0.2) is 44.7 Å². The number of anilines is 3. The molecule has 0 aliphatic rings. The molecule has 3 aromatic heterocycles. The second kappa shape index (κ2) is 12.2. The number of hydrogen-bond acceptors (Lipinski definition) is 7. The highest BCUT2D eigenvalue weighted by Gasteiger charge is 2.31. The lowest BCUT2D eigenvalue weighted by Gasteiger charge is -2.15. The molecular formula is C33H27F3N8O2. The summed E-state index contributed by atoms with van der Waals surface area (Å²) in [7, 11) is 3.84. The Morgan fingerprint density at radius 2 is 1.52 bits per heavy atom. The summed E-state index contributed by atoms with van der Waals surface area (Å²) in [4.78, 5) is 27.7. The largest absolute Gasteiger partial charge is 0.424 e. The first-order chi connectivity index (χ1) is 22.0. The first kappa shape index (κ1) is 30.1. The molecule has 0 aliphatic carbocycles. The van der Waals surface area contributed by atoms with Crippen LogP contribution in [0.4, 0.5) is 35.2 Å². The van der Waals surface area contributed by atoms with Crippen molar-refractivity contribution in [2.75, 3.05) is 29.6 Å². The number of halogens is 3. The highest BCUT2D eigenvalue weighted by atomic mass is 19.4. The Labute approximate surface area is 261 Å². The minimum atomic E-state index is -4.58. The van der Waals surface area contributed by atoms with Crippen molar-refractivity contribution in [3.8, 4) is 34.0 Å². The van der Waals surface area contributed by atoms with Crippen molar-refractivity contribution >= 4 is 28.9 Å². The van der Waals surface area contributed by atoms with Gasteiger partial charge in [-0.25, -0.2) is 24.3 Å². The Morgan fingerprint density at radius 1 is 0.848 bits per heavy atom. The lowest BCUT2D eigenvalue weighted by atomic mass is 10.00. The lowest BCUT2D eigenvalue weighted by Crippen LogP contribution is -2.20. The second-order valence-corrected chi connectivity index (χ2v) is 10.6. The van der Waals surface area contributed by atoms with E-state index in [0.717, 1.165) is 40.3 Å². The molecule has 0 saturated heterocycles. The van der Waals surface area contributed by atoms with E-state index in [1.54, 1.807) is 35.0 Å². The SMILES string of the molecule is Cc1ccc(-c2ccc(C(F)(F)F)cc2NC(=O)Nc2cnc(Oc3ccc(-c4cnn5ccc(N(C)C)nc45)cc3)nc2)cc1. The molecular weight excluding hydrogens is 597 g/mol. The summed E-state index contributed by atoms with van der Waals surface area (Å²) in [5, 5.41) is 9.45. The van der Waals surface area contributed by atoms with Crippen LogP contribution < -0.4 is 20.3 Å². The van der Waals surface area contributed by atoms with Crippen LogP contribution in [-0.2, 0) is 6.18 Å². The number of alkyl halides is 3. The molecule has 6 rings (SSSR count).